The first-order chi connectivity index (χ1) is 18.9. The van der Waals surface area contributed by atoms with Gasteiger partial charge in [-0.2, -0.15) is 0 Å². The standard InChI is InChI=1S/C34H39F3O2/c1-3-5-21-39-28-18-20-29(31(35)22-28)24-10-7-23(8-11-24)9-12-27-17-19-30(34(37)33(27)36)25-13-15-26(16-14-25)32(38)6-4-2/h3,7-8,10-11,17-20,22,25-26,32,38H,1,4-6,9,12-16,21H2,2H3. The van der Waals surface area contributed by atoms with Crippen molar-refractivity contribution in [1.82, 2.24) is 0 Å². The topological polar surface area (TPSA) is 29.5 Å². The first-order valence-corrected chi connectivity index (χ1v) is 14.2. The van der Waals surface area contributed by atoms with Gasteiger partial charge in [0.2, 0.25) is 0 Å². The SMILES string of the molecule is C=CCCOc1ccc(-c2ccc(CCc3ccc(C4CCC(C(O)CCC)CC4)c(F)c3F)cc2)c(F)c1. The van der Waals surface area contributed by atoms with E-state index in [1.165, 1.54) is 6.07 Å². The zero-order chi connectivity index (χ0) is 27.8. The van der Waals surface area contributed by atoms with Crippen LogP contribution in [-0.2, 0) is 12.8 Å². The van der Waals surface area contributed by atoms with E-state index in [-0.39, 0.29) is 23.8 Å². The fourth-order valence-corrected chi connectivity index (χ4v) is 5.67. The molecule has 5 heteroatoms. The second-order valence-corrected chi connectivity index (χ2v) is 10.7. The minimum absolute atomic E-state index is 0.000612. The Morgan fingerprint density at radius 3 is 2.36 bits per heavy atom. The van der Waals surface area contributed by atoms with Crippen molar-refractivity contribution in [2.45, 2.75) is 76.7 Å². The van der Waals surface area contributed by atoms with Crippen LogP contribution in [0.15, 0.2) is 67.3 Å². The first-order valence-electron chi connectivity index (χ1n) is 14.2. The zero-order valence-electron chi connectivity index (χ0n) is 22.8. The smallest absolute Gasteiger partial charge is 0.162 e. The van der Waals surface area contributed by atoms with E-state index in [0.29, 0.717) is 48.3 Å². The van der Waals surface area contributed by atoms with Crippen molar-refractivity contribution in [3.8, 4) is 16.9 Å². The predicted octanol–water partition coefficient (Wildman–Crippen LogP) is 8.95. The number of aliphatic hydroxyl groups is 1. The second-order valence-electron chi connectivity index (χ2n) is 10.7. The van der Waals surface area contributed by atoms with Gasteiger partial charge < -0.3 is 9.84 Å². The summed E-state index contributed by atoms with van der Waals surface area (Å²) in [6.07, 6.45) is 8.08. The minimum Gasteiger partial charge on any atom is -0.493 e. The maximum Gasteiger partial charge on any atom is 0.162 e. The van der Waals surface area contributed by atoms with Crippen LogP contribution in [0, 0.1) is 23.4 Å². The lowest BCUT2D eigenvalue weighted by Gasteiger charge is -2.32. The number of hydrogen-bond acceptors (Lipinski definition) is 2. The van der Waals surface area contributed by atoms with Crippen molar-refractivity contribution in [2.75, 3.05) is 6.61 Å². The Balaban J connectivity index is 1.35. The van der Waals surface area contributed by atoms with E-state index in [1.54, 1.807) is 30.3 Å². The van der Waals surface area contributed by atoms with Crippen LogP contribution < -0.4 is 4.74 Å². The van der Waals surface area contributed by atoms with E-state index >= 15 is 8.78 Å². The van der Waals surface area contributed by atoms with Gasteiger partial charge in [0.1, 0.15) is 11.6 Å². The molecule has 39 heavy (non-hydrogen) atoms. The van der Waals surface area contributed by atoms with Crippen molar-refractivity contribution in [3.05, 3.63) is 101 Å². The van der Waals surface area contributed by atoms with Crippen LogP contribution in [0.2, 0.25) is 0 Å². The Morgan fingerprint density at radius 2 is 1.69 bits per heavy atom. The number of aliphatic hydroxyl groups excluding tert-OH is 1. The molecule has 1 unspecified atom stereocenters. The van der Waals surface area contributed by atoms with Crippen LogP contribution in [0.5, 0.6) is 5.75 Å². The average molecular weight is 537 g/mol. The van der Waals surface area contributed by atoms with Gasteiger partial charge in [0.25, 0.3) is 0 Å². The molecule has 0 radical (unpaired) electrons. The van der Waals surface area contributed by atoms with Gasteiger partial charge in [0.05, 0.1) is 12.7 Å². The highest BCUT2D eigenvalue weighted by Crippen LogP contribution is 2.39. The maximum absolute atomic E-state index is 15.1. The number of halogens is 3. The summed E-state index contributed by atoms with van der Waals surface area (Å²) in [5.74, 6) is -1.10. The highest BCUT2D eigenvalue weighted by atomic mass is 19.2. The molecule has 2 nitrogen and oxygen atoms in total. The molecular formula is C34H39F3O2. The molecule has 3 aromatic carbocycles. The molecule has 1 fully saturated rings. The van der Waals surface area contributed by atoms with Gasteiger partial charge >= 0.3 is 0 Å². The molecule has 0 amide bonds. The van der Waals surface area contributed by atoms with Crippen molar-refractivity contribution in [1.29, 1.82) is 0 Å². The monoisotopic (exact) mass is 536 g/mol. The molecule has 0 aromatic heterocycles. The predicted molar refractivity (Wildman–Crippen MR) is 152 cm³/mol. The van der Waals surface area contributed by atoms with Crippen LogP contribution in [0.4, 0.5) is 13.2 Å². The van der Waals surface area contributed by atoms with Crippen LogP contribution in [0.3, 0.4) is 0 Å². The van der Waals surface area contributed by atoms with E-state index in [0.717, 1.165) is 49.7 Å². The molecular weight excluding hydrogens is 497 g/mol. The fourth-order valence-electron chi connectivity index (χ4n) is 5.67. The van der Waals surface area contributed by atoms with E-state index in [4.69, 9.17) is 4.74 Å². The van der Waals surface area contributed by atoms with Gasteiger partial charge in [-0.1, -0.05) is 55.8 Å². The van der Waals surface area contributed by atoms with Gasteiger partial charge in [0.15, 0.2) is 11.6 Å². The van der Waals surface area contributed by atoms with Crippen molar-refractivity contribution >= 4 is 0 Å². The highest BCUT2D eigenvalue weighted by Gasteiger charge is 2.29. The Bertz CT molecular complexity index is 1230. The van der Waals surface area contributed by atoms with E-state index in [9.17, 15) is 9.50 Å². The molecule has 4 rings (SSSR count). The molecule has 1 saturated carbocycles. The summed E-state index contributed by atoms with van der Waals surface area (Å²) in [7, 11) is 0. The molecule has 0 heterocycles. The van der Waals surface area contributed by atoms with Crippen molar-refractivity contribution in [2.24, 2.45) is 5.92 Å². The zero-order valence-corrected chi connectivity index (χ0v) is 22.8. The molecule has 208 valence electrons. The number of rotatable bonds is 12. The molecule has 0 spiro atoms. The van der Waals surface area contributed by atoms with Gasteiger partial charge in [-0.3, -0.25) is 0 Å². The van der Waals surface area contributed by atoms with Gasteiger partial charge in [-0.15, -0.1) is 6.58 Å². The third-order valence-electron chi connectivity index (χ3n) is 8.01. The molecule has 1 aliphatic carbocycles. The van der Waals surface area contributed by atoms with Gasteiger partial charge in [0, 0.05) is 11.6 Å². The summed E-state index contributed by atoms with van der Waals surface area (Å²) >= 11 is 0. The summed E-state index contributed by atoms with van der Waals surface area (Å²) in [5, 5.41) is 10.3. The number of benzene rings is 3. The van der Waals surface area contributed by atoms with Crippen molar-refractivity contribution in [3.63, 3.8) is 0 Å². The third-order valence-corrected chi connectivity index (χ3v) is 8.01. The lowest BCUT2D eigenvalue weighted by molar-refractivity contribution is 0.0727. The quantitative estimate of drug-likeness (QED) is 0.185. The maximum atomic E-state index is 15.1. The molecule has 0 saturated heterocycles. The Morgan fingerprint density at radius 1 is 0.949 bits per heavy atom. The summed E-state index contributed by atoms with van der Waals surface area (Å²) in [4.78, 5) is 0. The minimum atomic E-state index is -0.755. The van der Waals surface area contributed by atoms with E-state index in [1.807, 2.05) is 24.3 Å². The fraction of sp³-hybridized carbons (Fsp3) is 0.412. The van der Waals surface area contributed by atoms with Crippen molar-refractivity contribution < 1.29 is 23.0 Å². The van der Waals surface area contributed by atoms with E-state index < -0.39 is 11.6 Å². The summed E-state index contributed by atoms with van der Waals surface area (Å²) in [6.45, 7) is 6.16. The van der Waals surface area contributed by atoms with Crippen LogP contribution in [0.1, 0.15) is 74.5 Å². The molecule has 0 bridgehead atoms. The molecule has 3 aromatic rings. The largest absolute Gasteiger partial charge is 0.493 e. The molecule has 1 atom stereocenters. The van der Waals surface area contributed by atoms with Crippen LogP contribution in [0.25, 0.3) is 11.1 Å². The van der Waals surface area contributed by atoms with Crippen LogP contribution in [-0.4, -0.2) is 17.8 Å². The van der Waals surface area contributed by atoms with Crippen LogP contribution >= 0.6 is 0 Å². The Kier molecular flexibility index (Phi) is 10.3. The Hall–Kier alpha value is -3.05. The van der Waals surface area contributed by atoms with E-state index in [2.05, 4.69) is 13.5 Å². The summed E-state index contributed by atoms with van der Waals surface area (Å²) in [6, 6.07) is 15.8. The number of hydrogen-bond donors (Lipinski definition) is 1. The van der Waals surface area contributed by atoms with Gasteiger partial charge in [-0.25, -0.2) is 13.2 Å². The Labute approximate surface area is 230 Å². The highest BCUT2D eigenvalue weighted by molar-refractivity contribution is 5.65. The number of ether oxygens (including phenoxy) is 1. The van der Waals surface area contributed by atoms with Gasteiger partial charge in [-0.05, 0) is 97.6 Å². The summed E-state index contributed by atoms with van der Waals surface area (Å²) in [5.41, 5.74) is 3.02. The normalized spacial score (nSPS) is 18.1. The molecule has 1 aliphatic rings. The summed E-state index contributed by atoms with van der Waals surface area (Å²) < 4.78 is 50.3. The second kappa shape index (κ2) is 13.8. The first kappa shape index (κ1) is 28.9. The molecule has 0 aliphatic heterocycles. The lowest BCUT2D eigenvalue weighted by Crippen LogP contribution is -2.25. The third kappa shape index (κ3) is 7.33. The molecule has 1 N–H and O–H groups in total. The lowest BCUT2D eigenvalue weighted by atomic mass is 9.75. The number of aryl methyl sites for hydroxylation is 2. The average Bonchev–Trinajstić information content (AvgIpc) is 2.95.